The Morgan fingerprint density at radius 2 is 2.04 bits per heavy atom. The summed E-state index contributed by atoms with van der Waals surface area (Å²) in [6.07, 6.45) is 5.66. The van der Waals surface area contributed by atoms with E-state index in [-0.39, 0.29) is 17.2 Å². The number of aliphatic carboxylic acids is 1. The zero-order valence-electron chi connectivity index (χ0n) is 13.6. The molecular formula is C19H22N2O3. The molecule has 126 valence electrons. The lowest BCUT2D eigenvalue weighted by Crippen LogP contribution is -2.40. The first-order valence-corrected chi connectivity index (χ1v) is 8.64. The number of aryl methyl sites for hydroxylation is 1. The quantitative estimate of drug-likeness (QED) is 0.907. The van der Waals surface area contributed by atoms with Crippen LogP contribution in [0.1, 0.15) is 31.2 Å². The molecule has 1 saturated heterocycles. The van der Waals surface area contributed by atoms with Crippen LogP contribution in [0, 0.1) is 11.3 Å². The number of piperidine rings is 1. The van der Waals surface area contributed by atoms with Crippen LogP contribution in [0.15, 0.2) is 30.5 Å². The van der Waals surface area contributed by atoms with Gasteiger partial charge in [0.1, 0.15) is 0 Å². The number of carbonyl (C=O) groups excluding carboxylic acids is 1. The van der Waals surface area contributed by atoms with Gasteiger partial charge in [-0.25, -0.2) is 0 Å². The van der Waals surface area contributed by atoms with Crippen LogP contribution in [0.3, 0.4) is 0 Å². The first kappa shape index (κ1) is 15.2. The normalized spacial score (nSPS) is 22.0. The van der Waals surface area contributed by atoms with Gasteiger partial charge in [0, 0.05) is 31.2 Å². The maximum atomic E-state index is 12.4. The molecule has 2 heterocycles. The summed E-state index contributed by atoms with van der Waals surface area (Å²) in [5.74, 6) is -0.663. The van der Waals surface area contributed by atoms with Gasteiger partial charge in [-0.2, -0.15) is 0 Å². The van der Waals surface area contributed by atoms with E-state index in [1.807, 2.05) is 17.2 Å². The van der Waals surface area contributed by atoms with Gasteiger partial charge < -0.3 is 15.0 Å². The molecule has 1 aliphatic carbocycles. The number of nitrogens with one attached hydrogen (secondary N) is 1. The van der Waals surface area contributed by atoms with Crippen LogP contribution in [-0.4, -0.2) is 40.0 Å². The topological polar surface area (TPSA) is 73.4 Å². The number of likely N-dealkylation sites (tertiary alicyclic amines) is 1. The second kappa shape index (κ2) is 5.65. The maximum Gasteiger partial charge on any atom is 0.307 e. The van der Waals surface area contributed by atoms with Crippen molar-refractivity contribution in [2.24, 2.45) is 11.3 Å². The van der Waals surface area contributed by atoms with E-state index < -0.39 is 5.97 Å². The number of hydrogen-bond acceptors (Lipinski definition) is 2. The standard InChI is InChI=1S/C19H22N2O3/c22-17(4-2-13-1-3-16-14(11-13)5-8-20-16)21-9-6-19(7-10-21)12-15(19)18(23)24/h1,3,5,8,11,15,20H,2,4,6-7,9-10,12H2,(H,23,24)/t15-/m0/s1. The number of rotatable bonds is 4. The number of carbonyl (C=O) groups is 2. The van der Waals surface area contributed by atoms with Crippen molar-refractivity contribution in [1.82, 2.24) is 9.88 Å². The summed E-state index contributed by atoms with van der Waals surface area (Å²) in [5, 5.41) is 10.3. The number of fused-ring (bicyclic) bond motifs is 1. The SMILES string of the molecule is O=C(O)[C@@H]1CC12CCN(C(=O)CCc1ccc3[nH]ccc3c1)CC2. The highest BCUT2D eigenvalue weighted by atomic mass is 16.4. The molecule has 0 unspecified atom stereocenters. The minimum absolute atomic E-state index is 0.0120. The van der Waals surface area contributed by atoms with E-state index in [9.17, 15) is 9.59 Å². The molecule has 1 aromatic heterocycles. The highest BCUT2D eigenvalue weighted by Gasteiger charge is 2.59. The number of carboxylic acid groups (broad SMARTS) is 1. The van der Waals surface area contributed by atoms with E-state index >= 15 is 0 Å². The van der Waals surface area contributed by atoms with Gasteiger partial charge in [0.25, 0.3) is 0 Å². The van der Waals surface area contributed by atoms with Crippen molar-refractivity contribution in [3.05, 3.63) is 36.0 Å². The summed E-state index contributed by atoms with van der Waals surface area (Å²) in [6.45, 7) is 1.42. The van der Waals surface area contributed by atoms with Crippen molar-refractivity contribution in [2.45, 2.75) is 32.1 Å². The highest BCUT2D eigenvalue weighted by Crippen LogP contribution is 2.59. The van der Waals surface area contributed by atoms with Gasteiger partial charge in [-0.3, -0.25) is 9.59 Å². The van der Waals surface area contributed by atoms with Crippen molar-refractivity contribution in [3.8, 4) is 0 Å². The number of benzene rings is 1. The third-order valence-corrected chi connectivity index (χ3v) is 5.84. The molecular weight excluding hydrogens is 304 g/mol. The Hall–Kier alpha value is -2.30. The summed E-state index contributed by atoms with van der Waals surface area (Å²) < 4.78 is 0. The summed E-state index contributed by atoms with van der Waals surface area (Å²) in [7, 11) is 0. The number of aromatic amines is 1. The van der Waals surface area contributed by atoms with Crippen LogP contribution < -0.4 is 0 Å². The van der Waals surface area contributed by atoms with Gasteiger partial charge in [0.2, 0.25) is 5.91 Å². The van der Waals surface area contributed by atoms with E-state index in [2.05, 4.69) is 23.2 Å². The fraction of sp³-hybridized carbons (Fsp3) is 0.474. The zero-order valence-corrected chi connectivity index (χ0v) is 13.6. The molecule has 1 aromatic carbocycles. The molecule has 1 saturated carbocycles. The van der Waals surface area contributed by atoms with Crippen LogP contribution in [0.4, 0.5) is 0 Å². The molecule has 2 aromatic rings. The first-order chi connectivity index (χ1) is 11.6. The third kappa shape index (κ3) is 2.68. The molecule has 2 fully saturated rings. The lowest BCUT2D eigenvalue weighted by Gasteiger charge is -2.32. The van der Waals surface area contributed by atoms with Crippen molar-refractivity contribution >= 4 is 22.8 Å². The van der Waals surface area contributed by atoms with Crippen molar-refractivity contribution < 1.29 is 14.7 Å². The fourth-order valence-electron chi connectivity index (χ4n) is 4.12. The monoisotopic (exact) mass is 326 g/mol. The van der Waals surface area contributed by atoms with E-state index in [0.29, 0.717) is 19.5 Å². The second-order valence-electron chi connectivity index (χ2n) is 7.24. The Balaban J connectivity index is 1.30. The minimum Gasteiger partial charge on any atom is -0.481 e. The Kier molecular flexibility index (Phi) is 3.59. The van der Waals surface area contributed by atoms with E-state index in [1.54, 1.807) is 0 Å². The van der Waals surface area contributed by atoms with Crippen molar-refractivity contribution in [3.63, 3.8) is 0 Å². The molecule has 24 heavy (non-hydrogen) atoms. The van der Waals surface area contributed by atoms with E-state index in [1.165, 1.54) is 10.9 Å². The lowest BCUT2D eigenvalue weighted by atomic mass is 9.90. The molecule has 0 radical (unpaired) electrons. The molecule has 1 spiro atoms. The Morgan fingerprint density at radius 3 is 2.75 bits per heavy atom. The van der Waals surface area contributed by atoms with Gasteiger partial charge in [-0.1, -0.05) is 6.07 Å². The molecule has 1 amide bonds. The third-order valence-electron chi connectivity index (χ3n) is 5.84. The van der Waals surface area contributed by atoms with Crippen LogP contribution >= 0.6 is 0 Å². The molecule has 1 aliphatic heterocycles. The van der Waals surface area contributed by atoms with Gasteiger partial charge in [-0.15, -0.1) is 0 Å². The van der Waals surface area contributed by atoms with Crippen LogP contribution in [-0.2, 0) is 16.0 Å². The van der Waals surface area contributed by atoms with Crippen LogP contribution in [0.5, 0.6) is 0 Å². The van der Waals surface area contributed by atoms with Crippen molar-refractivity contribution in [2.75, 3.05) is 13.1 Å². The number of carboxylic acids is 1. The molecule has 1 atom stereocenters. The molecule has 4 rings (SSSR count). The minimum atomic E-state index is -0.671. The summed E-state index contributed by atoms with van der Waals surface area (Å²) in [4.78, 5) is 28.6. The predicted molar refractivity (Wildman–Crippen MR) is 90.6 cm³/mol. The molecule has 2 N–H and O–H groups in total. The largest absolute Gasteiger partial charge is 0.481 e. The Bertz CT molecular complexity index is 787. The number of hydrogen-bond donors (Lipinski definition) is 2. The molecule has 5 heteroatoms. The average molecular weight is 326 g/mol. The summed E-state index contributed by atoms with van der Waals surface area (Å²) in [5.41, 5.74) is 2.28. The Morgan fingerprint density at radius 1 is 1.25 bits per heavy atom. The number of aromatic nitrogens is 1. The molecule has 5 nitrogen and oxygen atoms in total. The predicted octanol–water partition coefficient (Wildman–Crippen LogP) is 2.81. The lowest BCUT2D eigenvalue weighted by molar-refractivity contribution is -0.139. The Labute approximate surface area is 140 Å². The van der Waals surface area contributed by atoms with Gasteiger partial charge >= 0.3 is 5.97 Å². The van der Waals surface area contributed by atoms with Gasteiger partial charge in [-0.05, 0) is 60.2 Å². The number of H-pyrrole nitrogens is 1. The maximum absolute atomic E-state index is 12.4. The average Bonchev–Trinajstić information content (AvgIpc) is 3.08. The molecule has 0 bridgehead atoms. The fourth-order valence-corrected chi connectivity index (χ4v) is 4.12. The van der Waals surface area contributed by atoms with Crippen LogP contribution in [0.2, 0.25) is 0 Å². The first-order valence-electron chi connectivity index (χ1n) is 8.64. The summed E-state index contributed by atoms with van der Waals surface area (Å²) >= 11 is 0. The van der Waals surface area contributed by atoms with E-state index in [0.717, 1.165) is 31.2 Å². The van der Waals surface area contributed by atoms with Gasteiger partial charge in [0.15, 0.2) is 0 Å². The molecule has 2 aliphatic rings. The number of nitrogens with zero attached hydrogens (tertiary/aromatic N) is 1. The zero-order chi connectivity index (χ0) is 16.7. The second-order valence-corrected chi connectivity index (χ2v) is 7.24. The number of amides is 1. The van der Waals surface area contributed by atoms with Crippen LogP contribution in [0.25, 0.3) is 10.9 Å². The smallest absolute Gasteiger partial charge is 0.307 e. The van der Waals surface area contributed by atoms with E-state index in [4.69, 9.17) is 5.11 Å². The van der Waals surface area contributed by atoms with Gasteiger partial charge in [0.05, 0.1) is 5.92 Å². The summed E-state index contributed by atoms with van der Waals surface area (Å²) in [6, 6.07) is 8.29. The highest BCUT2D eigenvalue weighted by molar-refractivity contribution is 5.81. The van der Waals surface area contributed by atoms with Crippen molar-refractivity contribution in [1.29, 1.82) is 0 Å².